The first kappa shape index (κ1) is 11.2. The molecule has 0 atom stereocenters. The molecule has 0 aliphatic rings. The van der Waals surface area contributed by atoms with Crippen molar-refractivity contribution in [1.29, 1.82) is 0 Å². The minimum Gasteiger partial charge on any atom is -0.341 e. The van der Waals surface area contributed by atoms with Crippen molar-refractivity contribution < 1.29 is 4.79 Å². The Hall–Kier alpha value is -0.750. The van der Waals surface area contributed by atoms with Crippen LogP contribution in [0.3, 0.4) is 0 Å². The Bertz CT molecular complexity index is 205. The van der Waals surface area contributed by atoms with Crippen LogP contribution >= 0.6 is 15.9 Å². The van der Waals surface area contributed by atoms with E-state index in [1.807, 2.05) is 0 Å². The van der Waals surface area contributed by atoms with Crippen molar-refractivity contribution in [3.63, 3.8) is 0 Å². The molecule has 66 valence electrons. The van der Waals surface area contributed by atoms with Crippen molar-refractivity contribution in [2.75, 3.05) is 18.9 Å². The minimum absolute atomic E-state index is 0.00954. The summed E-state index contributed by atoms with van der Waals surface area (Å²) in [5.41, 5.74) is 0. The smallest absolute Gasteiger partial charge is 0.246 e. The van der Waals surface area contributed by atoms with Crippen LogP contribution in [0.4, 0.5) is 0 Å². The molecule has 0 rings (SSSR count). The lowest BCUT2D eigenvalue weighted by molar-refractivity contribution is -0.124. The van der Waals surface area contributed by atoms with Gasteiger partial charge in [0, 0.05) is 25.3 Å². The Labute approximate surface area is 81.8 Å². The number of amides is 1. The van der Waals surface area contributed by atoms with E-state index >= 15 is 0 Å². The summed E-state index contributed by atoms with van der Waals surface area (Å²) in [6.07, 6.45) is 8.96. The predicted octanol–water partition coefficient (Wildman–Crippen LogP) is 1.42. The van der Waals surface area contributed by atoms with Gasteiger partial charge in [0.25, 0.3) is 0 Å². The summed E-state index contributed by atoms with van der Waals surface area (Å²) in [7, 11) is 1.73. The third-order valence-electron chi connectivity index (χ3n) is 1.32. The molecule has 3 heteroatoms. The van der Waals surface area contributed by atoms with Gasteiger partial charge < -0.3 is 4.90 Å². The molecule has 0 unspecified atom stereocenters. The summed E-state index contributed by atoms with van der Waals surface area (Å²) in [5, 5.41) is 0.696. The molecular weight excluding hydrogens is 218 g/mol. The Balaban J connectivity index is 3.78. The predicted molar refractivity (Wildman–Crippen MR) is 54.0 cm³/mol. The third-order valence-corrected chi connectivity index (χ3v) is 1.69. The highest BCUT2D eigenvalue weighted by molar-refractivity contribution is 9.09. The fourth-order valence-corrected chi connectivity index (χ4v) is 0.802. The first-order valence-corrected chi connectivity index (χ1v) is 4.75. The molecule has 1 amide bonds. The number of hydrogen-bond acceptors (Lipinski definition) is 1. The molecule has 0 radical (unpaired) electrons. The Kier molecular flexibility index (Phi) is 6.50. The molecule has 0 spiro atoms. The average Bonchev–Trinajstić information content (AvgIpc) is 2.10. The number of rotatable bonds is 4. The molecule has 0 aromatic rings. The summed E-state index contributed by atoms with van der Waals surface area (Å²) in [6, 6.07) is 0. The van der Waals surface area contributed by atoms with E-state index in [4.69, 9.17) is 6.42 Å². The van der Waals surface area contributed by atoms with Gasteiger partial charge in [0.1, 0.15) is 0 Å². The number of terminal acetylenes is 1. The quantitative estimate of drug-likeness (QED) is 0.406. The molecule has 2 nitrogen and oxygen atoms in total. The van der Waals surface area contributed by atoms with Crippen molar-refractivity contribution in [2.24, 2.45) is 0 Å². The van der Waals surface area contributed by atoms with E-state index in [-0.39, 0.29) is 5.91 Å². The summed E-state index contributed by atoms with van der Waals surface area (Å²) >= 11 is 3.19. The second kappa shape index (κ2) is 6.93. The standard InChI is InChI=1S/C9H12BrNO/c1-3-4-8-11(2)9(12)6-5-7-10/h1,5-6H,4,7-8H2,2H3. The van der Waals surface area contributed by atoms with Crippen LogP contribution in [-0.4, -0.2) is 29.7 Å². The van der Waals surface area contributed by atoms with Crippen LogP contribution in [-0.2, 0) is 4.79 Å². The second-order valence-corrected chi connectivity index (χ2v) is 2.92. The lowest BCUT2D eigenvalue weighted by atomic mass is 10.4. The number of halogens is 1. The number of alkyl halides is 1. The van der Waals surface area contributed by atoms with Crippen LogP contribution in [0.1, 0.15) is 6.42 Å². The number of likely N-dealkylation sites (N-methyl/N-ethyl adjacent to an activating group) is 1. The summed E-state index contributed by atoms with van der Waals surface area (Å²) < 4.78 is 0. The van der Waals surface area contributed by atoms with Crippen LogP contribution in [0.5, 0.6) is 0 Å². The highest BCUT2D eigenvalue weighted by Crippen LogP contribution is 1.90. The van der Waals surface area contributed by atoms with Gasteiger partial charge in [-0.05, 0) is 6.08 Å². The zero-order chi connectivity index (χ0) is 9.40. The molecule has 0 N–H and O–H groups in total. The zero-order valence-corrected chi connectivity index (χ0v) is 8.67. The highest BCUT2D eigenvalue weighted by atomic mass is 79.9. The molecule has 0 aliphatic heterocycles. The van der Waals surface area contributed by atoms with Crippen molar-refractivity contribution >= 4 is 21.8 Å². The minimum atomic E-state index is -0.00954. The van der Waals surface area contributed by atoms with E-state index in [2.05, 4.69) is 21.9 Å². The normalized spacial score (nSPS) is 9.75. The van der Waals surface area contributed by atoms with Gasteiger partial charge in [0.05, 0.1) is 0 Å². The van der Waals surface area contributed by atoms with Crippen LogP contribution in [0.15, 0.2) is 12.2 Å². The number of hydrogen-bond donors (Lipinski definition) is 0. The van der Waals surface area contributed by atoms with Crippen LogP contribution in [0.2, 0.25) is 0 Å². The van der Waals surface area contributed by atoms with E-state index in [0.717, 1.165) is 0 Å². The van der Waals surface area contributed by atoms with Gasteiger partial charge in [0.15, 0.2) is 0 Å². The largest absolute Gasteiger partial charge is 0.341 e. The fourth-order valence-electron chi connectivity index (χ4n) is 0.615. The van der Waals surface area contributed by atoms with Gasteiger partial charge in [-0.25, -0.2) is 0 Å². The van der Waals surface area contributed by atoms with Crippen molar-refractivity contribution in [3.05, 3.63) is 12.2 Å². The van der Waals surface area contributed by atoms with Crippen LogP contribution in [0, 0.1) is 12.3 Å². The third kappa shape index (κ3) is 4.97. The van der Waals surface area contributed by atoms with E-state index in [1.165, 1.54) is 6.08 Å². The number of carbonyl (C=O) groups is 1. The maximum absolute atomic E-state index is 11.2. The van der Waals surface area contributed by atoms with Crippen LogP contribution in [0.25, 0.3) is 0 Å². The molecule has 12 heavy (non-hydrogen) atoms. The number of carbonyl (C=O) groups excluding carboxylic acids is 1. The number of allylic oxidation sites excluding steroid dienone is 1. The summed E-state index contributed by atoms with van der Waals surface area (Å²) in [6.45, 7) is 0.613. The Morgan fingerprint density at radius 2 is 2.42 bits per heavy atom. The molecule has 0 saturated carbocycles. The average molecular weight is 230 g/mol. The molecule has 0 aromatic heterocycles. The highest BCUT2D eigenvalue weighted by Gasteiger charge is 2.01. The zero-order valence-electron chi connectivity index (χ0n) is 7.09. The topological polar surface area (TPSA) is 20.3 Å². The maximum Gasteiger partial charge on any atom is 0.246 e. The molecule has 0 aliphatic carbocycles. The maximum atomic E-state index is 11.2. The first-order valence-electron chi connectivity index (χ1n) is 3.63. The Morgan fingerprint density at radius 1 is 1.75 bits per heavy atom. The molecule has 0 heterocycles. The monoisotopic (exact) mass is 229 g/mol. The van der Waals surface area contributed by atoms with Gasteiger partial charge >= 0.3 is 0 Å². The number of nitrogens with zero attached hydrogens (tertiary/aromatic N) is 1. The first-order chi connectivity index (χ1) is 5.72. The van der Waals surface area contributed by atoms with Gasteiger partial charge in [-0.1, -0.05) is 22.0 Å². The lowest BCUT2D eigenvalue weighted by Crippen LogP contribution is -2.25. The van der Waals surface area contributed by atoms with Crippen molar-refractivity contribution in [1.82, 2.24) is 4.90 Å². The van der Waals surface area contributed by atoms with Gasteiger partial charge in [-0.15, -0.1) is 12.3 Å². The van der Waals surface area contributed by atoms with Crippen LogP contribution < -0.4 is 0 Å². The Morgan fingerprint density at radius 3 is 2.92 bits per heavy atom. The lowest BCUT2D eigenvalue weighted by Gasteiger charge is -2.12. The van der Waals surface area contributed by atoms with Gasteiger partial charge in [0.2, 0.25) is 5.91 Å². The van der Waals surface area contributed by atoms with E-state index in [1.54, 1.807) is 18.0 Å². The molecular formula is C9H12BrNO. The second-order valence-electron chi connectivity index (χ2n) is 2.27. The van der Waals surface area contributed by atoms with E-state index in [0.29, 0.717) is 18.3 Å². The van der Waals surface area contributed by atoms with E-state index < -0.39 is 0 Å². The SMILES string of the molecule is C#CCCN(C)C(=O)C=CCBr. The molecule has 0 aromatic carbocycles. The van der Waals surface area contributed by atoms with Gasteiger partial charge in [-0.3, -0.25) is 4.79 Å². The van der Waals surface area contributed by atoms with E-state index in [9.17, 15) is 4.79 Å². The van der Waals surface area contributed by atoms with Crippen molar-refractivity contribution in [2.45, 2.75) is 6.42 Å². The van der Waals surface area contributed by atoms with Crippen molar-refractivity contribution in [3.8, 4) is 12.3 Å². The summed E-state index contributed by atoms with van der Waals surface area (Å²) in [5.74, 6) is 2.47. The molecule has 0 bridgehead atoms. The fraction of sp³-hybridized carbons (Fsp3) is 0.444. The summed E-state index contributed by atoms with van der Waals surface area (Å²) in [4.78, 5) is 12.8. The molecule has 0 fully saturated rings. The molecule has 0 saturated heterocycles. The van der Waals surface area contributed by atoms with Gasteiger partial charge in [-0.2, -0.15) is 0 Å².